The summed E-state index contributed by atoms with van der Waals surface area (Å²) < 4.78 is 10.9. The maximum absolute atomic E-state index is 11.4. The lowest BCUT2D eigenvalue weighted by molar-refractivity contribution is 0.0691. The molecule has 5 nitrogen and oxygen atoms in total. The van der Waals surface area contributed by atoms with Crippen molar-refractivity contribution in [3.8, 4) is 27.8 Å². The third-order valence-corrected chi connectivity index (χ3v) is 3.80. The normalized spacial score (nSPS) is 10.5. The van der Waals surface area contributed by atoms with Crippen molar-refractivity contribution in [2.24, 2.45) is 0 Å². The molecule has 0 bridgehead atoms. The number of rotatable bonds is 4. The zero-order valence-corrected chi connectivity index (χ0v) is 11.9. The lowest BCUT2D eigenvalue weighted by Crippen LogP contribution is -1.98. The van der Waals surface area contributed by atoms with E-state index in [-0.39, 0.29) is 17.3 Å². The number of aromatic nitrogens is 1. The second-order valence-electron chi connectivity index (χ2n) is 4.19. The highest BCUT2D eigenvalue weighted by atomic mass is 32.1. The standard InChI is InChI=1S/C15H11NO4S/c1-19-10-7-8-21-13(10)12-11(15(17)18)16-14(20-12)9-5-3-2-4-6-9/h2-8H,1H3,(H,17,18). The molecule has 0 saturated carbocycles. The first-order valence-electron chi connectivity index (χ1n) is 6.12. The van der Waals surface area contributed by atoms with Crippen molar-refractivity contribution < 1.29 is 19.1 Å². The largest absolute Gasteiger partial charge is 0.495 e. The van der Waals surface area contributed by atoms with Crippen LogP contribution in [0.4, 0.5) is 0 Å². The lowest BCUT2D eigenvalue weighted by atomic mass is 10.2. The predicted molar refractivity (Wildman–Crippen MR) is 78.8 cm³/mol. The van der Waals surface area contributed by atoms with Gasteiger partial charge in [0.05, 0.1) is 7.11 Å². The molecule has 0 atom stereocenters. The molecule has 6 heteroatoms. The quantitative estimate of drug-likeness (QED) is 0.794. The van der Waals surface area contributed by atoms with Crippen molar-refractivity contribution in [3.63, 3.8) is 0 Å². The van der Waals surface area contributed by atoms with E-state index in [2.05, 4.69) is 4.98 Å². The van der Waals surface area contributed by atoms with Crippen LogP contribution in [0, 0.1) is 0 Å². The Balaban J connectivity index is 2.16. The molecule has 2 heterocycles. The first-order valence-corrected chi connectivity index (χ1v) is 7.00. The molecule has 0 fully saturated rings. The predicted octanol–water partition coefficient (Wildman–Crippen LogP) is 3.78. The third-order valence-electron chi connectivity index (χ3n) is 2.91. The van der Waals surface area contributed by atoms with Crippen LogP contribution in [0.5, 0.6) is 5.75 Å². The number of thiophene rings is 1. The van der Waals surface area contributed by atoms with Crippen molar-refractivity contribution in [1.29, 1.82) is 0 Å². The lowest BCUT2D eigenvalue weighted by Gasteiger charge is -1.99. The zero-order valence-electron chi connectivity index (χ0n) is 11.1. The number of methoxy groups -OCH3 is 1. The second-order valence-corrected chi connectivity index (χ2v) is 5.10. The summed E-state index contributed by atoms with van der Waals surface area (Å²) in [5, 5.41) is 11.1. The number of ether oxygens (including phenoxy) is 1. The van der Waals surface area contributed by atoms with Gasteiger partial charge in [-0.1, -0.05) is 18.2 Å². The van der Waals surface area contributed by atoms with Gasteiger partial charge in [-0.25, -0.2) is 9.78 Å². The van der Waals surface area contributed by atoms with Gasteiger partial charge in [0.25, 0.3) is 0 Å². The fourth-order valence-corrected chi connectivity index (χ4v) is 2.79. The van der Waals surface area contributed by atoms with E-state index in [4.69, 9.17) is 9.15 Å². The monoisotopic (exact) mass is 301 g/mol. The molecule has 3 aromatic rings. The number of carbonyl (C=O) groups is 1. The van der Waals surface area contributed by atoms with Gasteiger partial charge in [-0.3, -0.25) is 0 Å². The van der Waals surface area contributed by atoms with Crippen LogP contribution in [0.1, 0.15) is 10.5 Å². The van der Waals surface area contributed by atoms with Crippen molar-refractivity contribution in [3.05, 3.63) is 47.5 Å². The Kier molecular flexibility index (Phi) is 3.45. The van der Waals surface area contributed by atoms with E-state index >= 15 is 0 Å². The maximum Gasteiger partial charge on any atom is 0.358 e. The molecule has 0 unspecified atom stereocenters. The summed E-state index contributed by atoms with van der Waals surface area (Å²) in [6, 6.07) is 10.9. The highest BCUT2D eigenvalue weighted by molar-refractivity contribution is 7.14. The van der Waals surface area contributed by atoms with Gasteiger partial charge in [-0.15, -0.1) is 11.3 Å². The molecule has 2 aromatic heterocycles. The molecule has 0 saturated heterocycles. The first kappa shape index (κ1) is 13.4. The Morgan fingerprint density at radius 3 is 2.71 bits per heavy atom. The molecule has 0 aliphatic rings. The number of hydrogen-bond donors (Lipinski definition) is 1. The minimum absolute atomic E-state index is 0.116. The molecular weight excluding hydrogens is 290 g/mol. The van der Waals surface area contributed by atoms with Crippen LogP contribution in [0.3, 0.4) is 0 Å². The Bertz CT molecular complexity index is 776. The molecule has 21 heavy (non-hydrogen) atoms. The van der Waals surface area contributed by atoms with Gasteiger partial charge in [-0.05, 0) is 23.6 Å². The Hall–Kier alpha value is -2.60. The average Bonchev–Trinajstić information content (AvgIpc) is 3.14. The Morgan fingerprint density at radius 2 is 2.05 bits per heavy atom. The summed E-state index contributed by atoms with van der Waals surface area (Å²) in [6.07, 6.45) is 0. The number of aromatic carboxylic acids is 1. The van der Waals surface area contributed by atoms with E-state index in [9.17, 15) is 9.90 Å². The number of nitrogens with zero attached hydrogens (tertiary/aromatic N) is 1. The fraction of sp³-hybridized carbons (Fsp3) is 0.0667. The molecule has 1 N–H and O–H groups in total. The Morgan fingerprint density at radius 1 is 1.29 bits per heavy atom. The highest BCUT2D eigenvalue weighted by Gasteiger charge is 2.24. The van der Waals surface area contributed by atoms with E-state index < -0.39 is 5.97 Å². The van der Waals surface area contributed by atoms with Crippen molar-refractivity contribution in [2.75, 3.05) is 7.11 Å². The van der Waals surface area contributed by atoms with Gasteiger partial charge in [-0.2, -0.15) is 0 Å². The van der Waals surface area contributed by atoms with E-state index in [0.29, 0.717) is 10.6 Å². The third kappa shape index (κ3) is 2.41. The average molecular weight is 301 g/mol. The molecule has 0 amide bonds. The van der Waals surface area contributed by atoms with Gasteiger partial charge >= 0.3 is 5.97 Å². The molecule has 1 aromatic carbocycles. The number of benzene rings is 1. The van der Waals surface area contributed by atoms with E-state index in [1.807, 2.05) is 35.7 Å². The summed E-state index contributed by atoms with van der Waals surface area (Å²) in [6.45, 7) is 0. The van der Waals surface area contributed by atoms with Gasteiger partial charge in [0.15, 0.2) is 11.5 Å². The molecule has 0 radical (unpaired) electrons. The minimum atomic E-state index is -1.13. The van der Waals surface area contributed by atoms with Gasteiger partial charge in [0, 0.05) is 5.56 Å². The van der Waals surface area contributed by atoms with Crippen LogP contribution in [0.15, 0.2) is 46.2 Å². The van der Waals surface area contributed by atoms with Crippen LogP contribution in [-0.4, -0.2) is 23.2 Å². The van der Waals surface area contributed by atoms with Gasteiger partial charge in [0.2, 0.25) is 5.89 Å². The smallest absolute Gasteiger partial charge is 0.358 e. The number of hydrogen-bond acceptors (Lipinski definition) is 5. The van der Waals surface area contributed by atoms with Crippen LogP contribution < -0.4 is 4.74 Å². The second kappa shape index (κ2) is 5.41. The fourth-order valence-electron chi connectivity index (χ4n) is 1.95. The van der Waals surface area contributed by atoms with E-state index in [0.717, 1.165) is 5.56 Å². The van der Waals surface area contributed by atoms with Crippen molar-refractivity contribution in [2.45, 2.75) is 0 Å². The Labute approximate surface area is 124 Å². The molecule has 0 aliphatic heterocycles. The van der Waals surface area contributed by atoms with Crippen LogP contribution >= 0.6 is 11.3 Å². The van der Waals surface area contributed by atoms with Gasteiger partial charge in [0.1, 0.15) is 10.6 Å². The molecule has 106 valence electrons. The summed E-state index contributed by atoms with van der Waals surface area (Å²) in [4.78, 5) is 16.1. The summed E-state index contributed by atoms with van der Waals surface area (Å²) in [5.74, 6) is -0.0729. The zero-order chi connectivity index (χ0) is 14.8. The summed E-state index contributed by atoms with van der Waals surface area (Å²) in [5.41, 5.74) is 0.608. The van der Waals surface area contributed by atoms with Gasteiger partial charge < -0.3 is 14.3 Å². The van der Waals surface area contributed by atoms with Crippen LogP contribution in [0.2, 0.25) is 0 Å². The van der Waals surface area contributed by atoms with E-state index in [1.54, 1.807) is 6.07 Å². The topological polar surface area (TPSA) is 72.6 Å². The summed E-state index contributed by atoms with van der Waals surface area (Å²) >= 11 is 1.35. The number of carboxylic acids is 1. The number of carboxylic acid groups (broad SMARTS) is 1. The van der Waals surface area contributed by atoms with E-state index in [1.165, 1.54) is 18.4 Å². The van der Waals surface area contributed by atoms with Crippen LogP contribution in [0.25, 0.3) is 22.1 Å². The minimum Gasteiger partial charge on any atom is -0.495 e. The molecule has 0 spiro atoms. The van der Waals surface area contributed by atoms with Crippen molar-refractivity contribution in [1.82, 2.24) is 4.98 Å². The van der Waals surface area contributed by atoms with Crippen LogP contribution in [-0.2, 0) is 0 Å². The molecular formula is C15H11NO4S. The molecule has 0 aliphatic carbocycles. The van der Waals surface area contributed by atoms with Crippen molar-refractivity contribution >= 4 is 17.3 Å². The SMILES string of the molecule is COc1ccsc1-c1oc(-c2ccccc2)nc1C(=O)O. The highest BCUT2D eigenvalue weighted by Crippen LogP contribution is 2.39. The summed E-state index contributed by atoms with van der Waals surface area (Å²) in [7, 11) is 1.53. The molecule has 3 rings (SSSR count). The maximum atomic E-state index is 11.4. The first-order chi connectivity index (χ1) is 10.2. The number of oxazole rings is 1.